The van der Waals surface area contributed by atoms with Crippen molar-refractivity contribution in [2.45, 2.75) is 25.3 Å². The normalized spacial score (nSPS) is 22.4. The molecule has 4 heteroatoms. The average Bonchev–Trinajstić information content (AvgIpc) is 3.20. The highest BCUT2D eigenvalue weighted by atomic mass is 35.5. The number of rotatable bonds is 4. The van der Waals surface area contributed by atoms with E-state index < -0.39 is 0 Å². The molecular formula is C15H20ClFN2. The van der Waals surface area contributed by atoms with Crippen molar-refractivity contribution in [3.63, 3.8) is 0 Å². The van der Waals surface area contributed by atoms with Crippen molar-refractivity contribution in [1.29, 1.82) is 0 Å². The zero-order chi connectivity index (χ0) is 13.2. The molecule has 0 aromatic heterocycles. The Morgan fingerprint density at radius 3 is 2.63 bits per heavy atom. The first kappa shape index (κ1) is 13.3. The lowest BCUT2D eigenvalue weighted by Gasteiger charge is -2.35. The van der Waals surface area contributed by atoms with E-state index in [-0.39, 0.29) is 5.82 Å². The average molecular weight is 283 g/mol. The zero-order valence-corrected chi connectivity index (χ0v) is 11.8. The maximum Gasteiger partial charge on any atom is 0.125 e. The summed E-state index contributed by atoms with van der Waals surface area (Å²) in [7, 11) is 0. The molecule has 1 saturated carbocycles. The highest BCUT2D eigenvalue weighted by Gasteiger charge is 2.30. The molecule has 104 valence electrons. The molecule has 0 spiro atoms. The number of hydrogen-bond donors (Lipinski definition) is 1. The Balaban J connectivity index is 1.83. The van der Waals surface area contributed by atoms with E-state index in [9.17, 15) is 4.39 Å². The van der Waals surface area contributed by atoms with Crippen LogP contribution >= 0.6 is 11.6 Å². The molecule has 3 rings (SSSR count). The molecule has 19 heavy (non-hydrogen) atoms. The molecule has 1 atom stereocenters. The van der Waals surface area contributed by atoms with E-state index in [1.54, 1.807) is 6.07 Å². The van der Waals surface area contributed by atoms with Crippen molar-refractivity contribution in [3.8, 4) is 0 Å². The van der Waals surface area contributed by atoms with Crippen LogP contribution in [-0.4, -0.2) is 31.1 Å². The Morgan fingerprint density at radius 2 is 2.00 bits per heavy atom. The lowest BCUT2D eigenvalue weighted by atomic mass is 9.98. The van der Waals surface area contributed by atoms with E-state index in [2.05, 4.69) is 10.2 Å². The zero-order valence-electron chi connectivity index (χ0n) is 11.0. The van der Waals surface area contributed by atoms with Gasteiger partial charge in [-0.25, -0.2) is 4.39 Å². The van der Waals surface area contributed by atoms with Crippen LogP contribution in [0.15, 0.2) is 18.2 Å². The predicted molar refractivity (Wildman–Crippen MR) is 75.9 cm³/mol. The van der Waals surface area contributed by atoms with E-state index in [0.717, 1.165) is 44.1 Å². The number of halogens is 2. The maximum absolute atomic E-state index is 13.6. The minimum absolute atomic E-state index is 0.224. The van der Waals surface area contributed by atoms with Crippen LogP contribution in [-0.2, 0) is 0 Å². The molecule has 1 saturated heterocycles. The highest BCUT2D eigenvalue weighted by Crippen LogP contribution is 2.40. The summed E-state index contributed by atoms with van der Waals surface area (Å²) in [6, 6.07) is 5.29. The topological polar surface area (TPSA) is 15.3 Å². The molecule has 2 fully saturated rings. The Hall–Kier alpha value is -0.640. The van der Waals surface area contributed by atoms with Crippen molar-refractivity contribution < 1.29 is 4.39 Å². The van der Waals surface area contributed by atoms with Gasteiger partial charge in [-0.15, -0.1) is 0 Å². The lowest BCUT2D eigenvalue weighted by Crippen LogP contribution is -2.45. The quantitative estimate of drug-likeness (QED) is 0.912. The fourth-order valence-electron chi connectivity index (χ4n) is 2.93. The first-order chi connectivity index (χ1) is 9.22. The number of nitrogens with zero attached hydrogens (tertiary/aromatic N) is 1. The first-order valence-electron chi connectivity index (χ1n) is 7.13. The molecule has 1 aliphatic heterocycles. The van der Waals surface area contributed by atoms with Crippen molar-refractivity contribution in [3.05, 3.63) is 34.6 Å². The van der Waals surface area contributed by atoms with Gasteiger partial charge >= 0.3 is 0 Å². The van der Waals surface area contributed by atoms with Gasteiger partial charge in [0.15, 0.2) is 0 Å². The smallest absolute Gasteiger partial charge is 0.125 e. The Bertz CT molecular complexity index is 422. The molecule has 1 aromatic carbocycles. The third-order valence-corrected chi connectivity index (χ3v) is 4.33. The minimum Gasteiger partial charge on any atom is -0.314 e. The third-order valence-electron chi connectivity index (χ3n) is 4.12. The second kappa shape index (κ2) is 5.78. The van der Waals surface area contributed by atoms with Crippen LogP contribution in [0.25, 0.3) is 0 Å². The summed E-state index contributed by atoms with van der Waals surface area (Å²) < 4.78 is 13.6. The molecule has 1 N–H and O–H groups in total. The standard InChI is InChI=1S/C15H20ClFN2/c16-13-8-12(9-14(17)10-13)15(7-11-1-2-11)19-5-3-18-4-6-19/h8-11,15,18H,1-7H2/t15-/m1/s1. The highest BCUT2D eigenvalue weighted by molar-refractivity contribution is 6.30. The van der Waals surface area contributed by atoms with Crippen LogP contribution in [0.5, 0.6) is 0 Å². The van der Waals surface area contributed by atoms with Gasteiger partial charge in [-0.05, 0) is 36.1 Å². The summed E-state index contributed by atoms with van der Waals surface area (Å²) in [5.41, 5.74) is 1.04. The molecule has 0 radical (unpaired) electrons. The Morgan fingerprint density at radius 1 is 1.26 bits per heavy atom. The fourth-order valence-corrected chi connectivity index (χ4v) is 3.16. The second-order valence-corrected chi connectivity index (χ2v) is 6.12. The summed E-state index contributed by atoms with van der Waals surface area (Å²) in [6.45, 7) is 4.10. The van der Waals surface area contributed by atoms with Gasteiger partial charge in [0.25, 0.3) is 0 Å². The molecule has 1 aliphatic carbocycles. The molecule has 2 aliphatic rings. The van der Waals surface area contributed by atoms with E-state index >= 15 is 0 Å². The van der Waals surface area contributed by atoms with Crippen molar-refractivity contribution in [1.82, 2.24) is 10.2 Å². The first-order valence-corrected chi connectivity index (χ1v) is 7.51. The van der Waals surface area contributed by atoms with Crippen molar-refractivity contribution in [2.24, 2.45) is 5.92 Å². The van der Waals surface area contributed by atoms with Gasteiger partial charge in [-0.2, -0.15) is 0 Å². The number of piperazine rings is 1. The van der Waals surface area contributed by atoms with Gasteiger partial charge in [0.2, 0.25) is 0 Å². The number of benzene rings is 1. The Kier molecular flexibility index (Phi) is 4.06. The van der Waals surface area contributed by atoms with Crippen LogP contribution in [0, 0.1) is 11.7 Å². The molecule has 0 unspecified atom stereocenters. The maximum atomic E-state index is 13.6. The molecule has 0 bridgehead atoms. The van der Waals surface area contributed by atoms with Crippen molar-refractivity contribution in [2.75, 3.05) is 26.2 Å². The summed E-state index contributed by atoms with van der Waals surface area (Å²) in [4.78, 5) is 2.47. The summed E-state index contributed by atoms with van der Waals surface area (Å²) in [5.74, 6) is 0.598. The van der Waals surface area contributed by atoms with Gasteiger partial charge < -0.3 is 5.32 Å². The van der Waals surface area contributed by atoms with Crippen LogP contribution in [0.1, 0.15) is 30.9 Å². The van der Waals surface area contributed by atoms with Gasteiger partial charge in [0.1, 0.15) is 5.82 Å². The SMILES string of the molecule is Fc1cc(Cl)cc([C@@H](CC2CC2)N2CCNCC2)c1. The van der Waals surface area contributed by atoms with Crippen LogP contribution in [0.2, 0.25) is 5.02 Å². The van der Waals surface area contributed by atoms with E-state index in [0.29, 0.717) is 11.1 Å². The second-order valence-electron chi connectivity index (χ2n) is 5.68. The molecular weight excluding hydrogens is 263 g/mol. The minimum atomic E-state index is -0.224. The van der Waals surface area contributed by atoms with E-state index in [4.69, 9.17) is 11.6 Å². The summed E-state index contributed by atoms with van der Waals surface area (Å²) in [6.07, 6.45) is 3.79. The Labute approximate surface area is 118 Å². The monoisotopic (exact) mass is 282 g/mol. The largest absolute Gasteiger partial charge is 0.314 e. The van der Waals surface area contributed by atoms with Crippen molar-refractivity contribution >= 4 is 11.6 Å². The fraction of sp³-hybridized carbons (Fsp3) is 0.600. The lowest BCUT2D eigenvalue weighted by molar-refractivity contribution is 0.160. The summed E-state index contributed by atoms with van der Waals surface area (Å²) >= 11 is 6.01. The van der Waals surface area contributed by atoms with Crippen LogP contribution in [0.3, 0.4) is 0 Å². The van der Waals surface area contributed by atoms with E-state index in [1.165, 1.54) is 18.9 Å². The molecule has 1 heterocycles. The third kappa shape index (κ3) is 3.47. The number of hydrogen-bond acceptors (Lipinski definition) is 2. The van der Waals surface area contributed by atoms with E-state index in [1.807, 2.05) is 6.07 Å². The predicted octanol–water partition coefficient (Wildman–Crippen LogP) is 3.23. The van der Waals surface area contributed by atoms with Crippen LogP contribution < -0.4 is 5.32 Å². The van der Waals surface area contributed by atoms with Gasteiger partial charge in [-0.3, -0.25) is 4.90 Å². The molecule has 0 amide bonds. The summed E-state index contributed by atoms with van der Waals surface area (Å²) in [5, 5.41) is 3.88. The van der Waals surface area contributed by atoms with Crippen LogP contribution in [0.4, 0.5) is 4.39 Å². The van der Waals surface area contributed by atoms with Gasteiger partial charge in [-0.1, -0.05) is 24.4 Å². The van der Waals surface area contributed by atoms with Gasteiger partial charge in [0, 0.05) is 37.2 Å². The van der Waals surface area contributed by atoms with Gasteiger partial charge in [0.05, 0.1) is 0 Å². The molecule has 2 nitrogen and oxygen atoms in total. The molecule has 1 aromatic rings. The number of nitrogens with one attached hydrogen (secondary N) is 1.